The van der Waals surface area contributed by atoms with Gasteiger partial charge in [-0.15, -0.1) is 0 Å². The van der Waals surface area contributed by atoms with Gasteiger partial charge in [0.15, 0.2) is 5.41 Å². The first-order valence-electron chi connectivity index (χ1n) is 22.9. The van der Waals surface area contributed by atoms with Gasteiger partial charge in [-0.1, -0.05) is 56.3 Å². The molecule has 1 aromatic rings. The Morgan fingerprint density at radius 2 is 1.64 bits per heavy atom. The summed E-state index contributed by atoms with van der Waals surface area (Å²) in [6.45, 7) is 2.83. The Morgan fingerprint density at radius 3 is 2.22 bits per heavy atom. The van der Waals surface area contributed by atoms with Crippen LogP contribution >= 0.6 is 23.2 Å². The number of likely N-dealkylation sites (tertiary alicyclic amines) is 1. The van der Waals surface area contributed by atoms with Gasteiger partial charge in [-0.2, -0.15) is 13.2 Å². The first-order chi connectivity index (χ1) is 31.3. The number of rotatable bonds is 11. The number of halogens is 8. The summed E-state index contributed by atoms with van der Waals surface area (Å²) in [6, 6.07) is -2.37. The average molecular weight is 995 g/mol. The van der Waals surface area contributed by atoms with Crippen LogP contribution < -0.4 is 21.3 Å². The number of carbonyl (C=O) groups excluding carboxylic acids is 7. The third-order valence-corrected chi connectivity index (χ3v) is 14.6. The van der Waals surface area contributed by atoms with Crippen LogP contribution in [0.2, 0.25) is 10.0 Å². The van der Waals surface area contributed by atoms with Crippen molar-refractivity contribution < 1.29 is 59.9 Å². The molecule has 6 atom stereocenters. The lowest BCUT2D eigenvalue weighted by Crippen LogP contribution is -2.65. The summed E-state index contributed by atoms with van der Waals surface area (Å²) in [5, 5.41) is 11.6. The van der Waals surface area contributed by atoms with E-state index in [2.05, 4.69) is 21.3 Å². The van der Waals surface area contributed by atoms with Crippen LogP contribution in [0.3, 0.4) is 0 Å². The average Bonchev–Trinajstić information content (AvgIpc) is 3.90. The SMILES string of the molecule is CC(C)C[C@@H]1NC(=O)[C@@H](N(C)C(=O)[C@H](CC2CCC2)NC(=O)[C@@H]2C[C@@H](F)CN2C(=O)C2(C(F)(F)F)CC(F)(F)C2)CCCCNC(=O)C2(CC2)NC(=O)[C@H](Cc2cc(Cl)ccc2Cl)N(C)C1=O. The van der Waals surface area contributed by atoms with Crippen LogP contribution in [-0.4, -0.2) is 137 Å². The van der Waals surface area contributed by atoms with Crippen molar-refractivity contribution in [3.05, 3.63) is 33.8 Å². The zero-order valence-corrected chi connectivity index (χ0v) is 39.4. The fourth-order valence-electron chi connectivity index (χ4n) is 9.65. The van der Waals surface area contributed by atoms with E-state index >= 15 is 0 Å². The molecule has 67 heavy (non-hydrogen) atoms. The van der Waals surface area contributed by atoms with Crippen LogP contribution in [0.4, 0.5) is 26.3 Å². The molecule has 0 bridgehead atoms. The number of carbonyl (C=O) groups is 7. The molecule has 5 fully saturated rings. The van der Waals surface area contributed by atoms with E-state index < -0.39 is 127 Å². The summed E-state index contributed by atoms with van der Waals surface area (Å²) in [5.41, 5.74) is -4.29. The van der Waals surface area contributed by atoms with Crippen molar-refractivity contribution in [1.29, 1.82) is 0 Å². The molecule has 22 heteroatoms. The standard InChI is InChI=1S/C45H59Cl2F6N7O7/c1-24(2)16-30-38(64)59(4)33(19-26-18-27(46)11-12-29(26)47)37(63)57-43(13-14-43)40(66)54-15-6-5-10-32(35(61)55-30)58(3)39(65)31(17-25-8-7-9-25)56-36(62)34-20-28(48)21-60(34)41(67)42(45(51,52)53)22-44(49,50)23-42/h11-12,18,24-25,28,30-34H,5-10,13-17,19-23H2,1-4H3,(H,54,66)(H,55,61)(H,56,62)(H,57,63)/t28-,30+,31+,32+,33+,34+/m1/s1. The lowest BCUT2D eigenvalue weighted by Gasteiger charge is -2.48. The fraction of sp³-hybridized carbons (Fsp3) is 0.711. The van der Waals surface area contributed by atoms with Gasteiger partial charge in [0.1, 0.15) is 41.9 Å². The largest absolute Gasteiger partial charge is 0.403 e. The first kappa shape index (κ1) is 52.0. The number of hydrogen-bond donors (Lipinski definition) is 4. The number of nitrogens with one attached hydrogen (secondary N) is 4. The molecule has 3 aliphatic carbocycles. The van der Waals surface area contributed by atoms with E-state index in [0.29, 0.717) is 47.6 Å². The molecular formula is C45H59Cl2F6N7O7. The molecule has 2 aliphatic heterocycles. The minimum atomic E-state index is -5.42. The van der Waals surface area contributed by atoms with E-state index in [1.165, 1.54) is 19.0 Å². The molecule has 3 saturated carbocycles. The number of amides is 7. The predicted molar refractivity (Wildman–Crippen MR) is 233 cm³/mol. The van der Waals surface area contributed by atoms with Gasteiger partial charge in [-0.05, 0) is 80.5 Å². The Morgan fingerprint density at radius 1 is 0.970 bits per heavy atom. The van der Waals surface area contributed by atoms with Crippen molar-refractivity contribution in [1.82, 2.24) is 36.0 Å². The highest BCUT2D eigenvalue weighted by atomic mass is 35.5. The van der Waals surface area contributed by atoms with Crippen molar-refractivity contribution in [3.63, 3.8) is 0 Å². The Hall–Kier alpha value is -4.33. The second-order valence-corrected chi connectivity index (χ2v) is 20.4. The van der Waals surface area contributed by atoms with E-state index in [9.17, 15) is 59.9 Å². The first-order valence-corrected chi connectivity index (χ1v) is 23.6. The molecule has 1 spiro atoms. The zero-order chi connectivity index (χ0) is 49.4. The van der Waals surface area contributed by atoms with Gasteiger partial charge < -0.3 is 36.0 Å². The van der Waals surface area contributed by atoms with E-state index in [4.69, 9.17) is 23.2 Å². The summed E-state index contributed by atoms with van der Waals surface area (Å²) in [6.07, 6.45) is -8.38. The molecule has 2 saturated heterocycles. The van der Waals surface area contributed by atoms with E-state index in [-0.39, 0.29) is 55.5 Å². The third-order valence-electron chi connectivity index (χ3n) is 14.0. The van der Waals surface area contributed by atoms with Gasteiger partial charge in [-0.3, -0.25) is 33.6 Å². The third kappa shape index (κ3) is 11.6. The molecule has 372 valence electrons. The minimum absolute atomic E-state index is 0.00281. The summed E-state index contributed by atoms with van der Waals surface area (Å²) in [7, 11) is 2.71. The lowest BCUT2D eigenvalue weighted by molar-refractivity contribution is -0.299. The summed E-state index contributed by atoms with van der Waals surface area (Å²) >= 11 is 12.8. The van der Waals surface area contributed by atoms with Gasteiger partial charge in [0.25, 0.3) is 5.92 Å². The van der Waals surface area contributed by atoms with Crippen LogP contribution in [0.5, 0.6) is 0 Å². The number of hydrogen-bond acceptors (Lipinski definition) is 7. The fourth-order valence-corrected chi connectivity index (χ4v) is 10.0. The number of likely N-dealkylation sites (N-methyl/N-ethyl adjacent to an activating group) is 2. The van der Waals surface area contributed by atoms with Gasteiger partial charge in [0.2, 0.25) is 41.4 Å². The molecule has 0 radical (unpaired) electrons. The molecule has 7 amide bonds. The maximum atomic E-state index is 15.0. The van der Waals surface area contributed by atoms with Crippen molar-refractivity contribution in [2.75, 3.05) is 27.2 Å². The maximum absolute atomic E-state index is 15.0. The van der Waals surface area contributed by atoms with Crippen LogP contribution in [0, 0.1) is 17.3 Å². The normalized spacial score (nSPS) is 27.3. The zero-order valence-electron chi connectivity index (χ0n) is 37.9. The lowest BCUT2D eigenvalue weighted by atomic mass is 9.64. The topological polar surface area (TPSA) is 177 Å². The highest BCUT2D eigenvalue weighted by molar-refractivity contribution is 6.33. The highest BCUT2D eigenvalue weighted by Gasteiger charge is 2.75. The second kappa shape index (κ2) is 20.3. The summed E-state index contributed by atoms with van der Waals surface area (Å²) < 4.78 is 85.6. The van der Waals surface area contributed by atoms with Crippen molar-refractivity contribution in [2.45, 2.75) is 158 Å². The van der Waals surface area contributed by atoms with Crippen molar-refractivity contribution in [3.8, 4) is 0 Å². The van der Waals surface area contributed by atoms with Gasteiger partial charge >= 0.3 is 6.18 Å². The van der Waals surface area contributed by atoms with Crippen molar-refractivity contribution in [2.24, 2.45) is 17.3 Å². The molecule has 1 aromatic carbocycles. The Bertz CT molecular complexity index is 2080. The Labute approximate surface area is 395 Å². The highest BCUT2D eigenvalue weighted by Crippen LogP contribution is 2.61. The smallest absolute Gasteiger partial charge is 0.354 e. The monoisotopic (exact) mass is 993 g/mol. The van der Waals surface area contributed by atoms with E-state index in [0.717, 1.165) is 11.3 Å². The summed E-state index contributed by atoms with van der Waals surface area (Å²) in [5.74, 6) is -10.4. The summed E-state index contributed by atoms with van der Waals surface area (Å²) in [4.78, 5) is 101. The number of benzene rings is 1. The molecule has 2 heterocycles. The maximum Gasteiger partial charge on any atom is 0.403 e. The van der Waals surface area contributed by atoms with Crippen LogP contribution in [0.1, 0.15) is 103 Å². The van der Waals surface area contributed by atoms with Crippen molar-refractivity contribution >= 4 is 64.6 Å². The second-order valence-electron chi connectivity index (χ2n) is 19.6. The molecule has 6 rings (SSSR count). The Balaban J connectivity index is 1.27. The quantitative estimate of drug-likeness (QED) is 0.219. The van der Waals surface area contributed by atoms with E-state index in [1.807, 2.05) is 13.8 Å². The molecule has 0 unspecified atom stereocenters. The minimum Gasteiger partial charge on any atom is -0.354 e. The van der Waals surface area contributed by atoms with Gasteiger partial charge in [0, 0.05) is 56.4 Å². The van der Waals surface area contributed by atoms with E-state index in [1.54, 1.807) is 18.2 Å². The van der Waals surface area contributed by atoms with Gasteiger partial charge in [0.05, 0.1) is 6.54 Å². The van der Waals surface area contributed by atoms with Crippen LogP contribution in [0.15, 0.2) is 18.2 Å². The molecular weight excluding hydrogens is 935 g/mol. The van der Waals surface area contributed by atoms with Crippen LogP contribution in [-0.2, 0) is 40.0 Å². The Kier molecular flexibility index (Phi) is 15.8. The predicted octanol–water partition coefficient (Wildman–Crippen LogP) is 5.26. The molecule has 4 N–H and O–H groups in total. The molecule has 5 aliphatic rings. The van der Waals surface area contributed by atoms with Crippen LogP contribution in [0.25, 0.3) is 0 Å². The number of alkyl halides is 6. The van der Waals surface area contributed by atoms with Gasteiger partial charge in [-0.25, -0.2) is 13.2 Å². The molecule has 0 aromatic heterocycles. The molecule has 14 nitrogen and oxygen atoms in total. The number of nitrogens with zero attached hydrogens (tertiary/aromatic N) is 3.